The second kappa shape index (κ2) is 3.76. The molecule has 0 radical (unpaired) electrons. The van der Waals surface area contributed by atoms with Crippen molar-refractivity contribution in [3.63, 3.8) is 0 Å². The van der Waals surface area contributed by atoms with Gasteiger partial charge in [-0.1, -0.05) is 44.2 Å². The predicted octanol–water partition coefficient (Wildman–Crippen LogP) is 3.74. The van der Waals surface area contributed by atoms with E-state index in [1.165, 1.54) is 0 Å². The van der Waals surface area contributed by atoms with Gasteiger partial charge < -0.3 is 10.1 Å². The lowest BCUT2D eigenvalue weighted by Crippen LogP contribution is -2.30. The molecule has 1 heterocycles. The minimum atomic E-state index is -0.442. The van der Waals surface area contributed by atoms with Crippen molar-refractivity contribution in [1.82, 2.24) is 4.98 Å². The first-order chi connectivity index (χ1) is 10.0. The summed E-state index contributed by atoms with van der Waals surface area (Å²) >= 11 is 0. The van der Waals surface area contributed by atoms with Gasteiger partial charge in [0.1, 0.15) is 5.75 Å². The summed E-state index contributed by atoms with van der Waals surface area (Å²) in [6.45, 7) is 4.07. The molecule has 21 heavy (non-hydrogen) atoms. The van der Waals surface area contributed by atoms with Crippen LogP contribution in [0.25, 0.3) is 10.9 Å². The van der Waals surface area contributed by atoms with Crippen molar-refractivity contribution < 1.29 is 9.90 Å². The highest BCUT2D eigenvalue weighted by Gasteiger charge is 2.41. The molecular formula is C18H15NO2. The summed E-state index contributed by atoms with van der Waals surface area (Å²) in [6, 6.07) is 13.0. The van der Waals surface area contributed by atoms with Crippen LogP contribution >= 0.6 is 0 Å². The highest BCUT2D eigenvalue weighted by atomic mass is 16.3. The van der Waals surface area contributed by atoms with Crippen LogP contribution in [0.2, 0.25) is 0 Å². The number of aromatic nitrogens is 1. The zero-order valence-electron chi connectivity index (χ0n) is 11.9. The van der Waals surface area contributed by atoms with Gasteiger partial charge in [-0.25, -0.2) is 0 Å². The molecule has 1 aliphatic rings. The number of fused-ring (bicyclic) bond motifs is 4. The lowest BCUT2D eigenvalue weighted by molar-refractivity contribution is 0.103. The fraction of sp³-hybridized carbons (Fsp3) is 0.167. The number of para-hydroxylation sites is 1. The molecule has 3 heteroatoms. The number of hydrogen-bond donors (Lipinski definition) is 2. The Balaban J connectivity index is 2.17. The Morgan fingerprint density at radius 3 is 2.62 bits per heavy atom. The maximum Gasteiger partial charge on any atom is 0.195 e. The van der Waals surface area contributed by atoms with Crippen molar-refractivity contribution in [3.8, 4) is 5.75 Å². The van der Waals surface area contributed by atoms with E-state index in [2.05, 4.69) is 4.98 Å². The summed E-state index contributed by atoms with van der Waals surface area (Å²) in [4.78, 5) is 16.3. The molecule has 4 rings (SSSR count). The van der Waals surface area contributed by atoms with Gasteiger partial charge in [-0.05, 0) is 12.1 Å². The Labute approximate surface area is 122 Å². The number of ketones is 1. The SMILES string of the molecule is CC1(C)c2[nH]c3ccccc3c2C(=O)c2cccc(O)c21. The number of phenolic OH excluding ortho intramolecular Hbond substituents is 1. The molecule has 0 saturated carbocycles. The molecule has 0 bridgehead atoms. The summed E-state index contributed by atoms with van der Waals surface area (Å²) in [7, 11) is 0. The first-order valence-electron chi connectivity index (χ1n) is 7.00. The van der Waals surface area contributed by atoms with Gasteiger partial charge in [0.2, 0.25) is 0 Å². The van der Waals surface area contributed by atoms with E-state index in [9.17, 15) is 9.90 Å². The van der Waals surface area contributed by atoms with Crippen molar-refractivity contribution in [2.75, 3.05) is 0 Å². The van der Waals surface area contributed by atoms with Crippen LogP contribution in [-0.4, -0.2) is 15.9 Å². The molecule has 0 amide bonds. The molecule has 3 nitrogen and oxygen atoms in total. The van der Waals surface area contributed by atoms with Gasteiger partial charge in [-0.2, -0.15) is 0 Å². The Morgan fingerprint density at radius 1 is 1.05 bits per heavy atom. The molecule has 104 valence electrons. The van der Waals surface area contributed by atoms with Crippen LogP contribution in [0.5, 0.6) is 5.75 Å². The molecule has 0 unspecified atom stereocenters. The smallest absolute Gasteiger partial charge is 0.195 e. The Kier molecular flexibility index (Phi) is 2.18. The number of rotatable bonds is 0. The molecule has 0 saturated heterocycles. The number of hydrogen-bond acceptors (Lipinski definition) is 2. The van der Waals surface area contributed by atoms with Gasteiger partial charge >= 0.3 is 0 Å². The molecule has 2 N–H and O–H groups in total. The van der Waals surface area contributed by atoms with Crippen LogP contribution in [-0.2, 0) is 5.41 Å². The fourth-order valence-corrected chi connectivity index (χ4v) is 3.49. The highest BCUT2D eigenvalue weighted by Crippen LogP contribution is 2.46. The third kappa shape index (κ3) is 1.40. The summed E-state index contributed by atoms with van der Waals surface area (Å²) in [5.74, 6) is 0.155. The number of phenols is 1. The van der Waals surface area contributed by atoms with Gasteiger partial charge in [0.15, 0.2) is 5.78 Å². The molecule has 0 aliphatic heterocycles. The molecule has 0 spiro atoms. The number of carbonyl (C=O) groups is 1. The lowest BCUT2D eigenvalue weighted by atomic mass is 9.71. The number of benzene rings is 2. The van der Waals surface area contributed by atoms with Crippen LogP contribution in [0.4, 0.5) is 0 Å². The van der Waals surface area contributed by atoms with E-state index in [0.717, 1.165) is 22.2 Å². The zero-order valence-corrected chi connectivity index (χ0v) is 11.9. The number of H-pyrrole nitrogens is 1. The maximum atomic E-state index is 12.9. The highest BCUT2D eigenvalue weighted by molar-refractivity contribution is 6.20. The van der Waals surface area contributed by atoms with Crippen LogP contribution in [0.15, 0.2) is 42.5 Å². The van der Waals surface area contributed by atoms with Crippen molar-refractivity contribution in [1.29, 1.82) is 0 Å². The van der Waals surface area contributed by atoms with Gasteiger partial charge in [0.25, 0.3) is 0 Å². The van der Waals surface area contributed by atoms with Crippen LogP contribution < -0.4 is 0 Å². The number of aromatic hydroxyl groups is 1. The van der Waals surface area contributed by atoms with E-state index in [1.807, 2.05) is 38.1 Å². The number of carbonyl (C=O) groups excluding carboxylic acids is 1. The van der Waals surface area contributed by atoms with Crippen molar-refractivity contribution in [2.45, 2.75) is 19.3 Å². The van der Waals surface area contributed by atoms with E-state index in [4.69, 9.17) is 0 Å². The minimum Gasteiger partial charge on any atom is -0.508 e. The molecule has 3 aromatic rings. The van der Waals surface area contributed by atoms with Crippen molar-refractivity contribution >= 4 is 16.7 Å². The molecular weight excluding hydrogens is 262 g/mol. The lowest BCUT2D eigenvalue weighted by Gasteiger charge is -2.32. The molecule has 0 atom stereocenters. The van der Waals surface area contributed by atoms with Gasteiger partial charge in [0.05, 0.1) is 5.56 Å². The fourth-order valence-electron chi connectivity index (χ4n) is 3.49. The Hall–Kier alpha value is -2.55. The zero-order chi connectivity index (χ0) is 14.8. The van der Waals surface area contributed by atoms with E-state index in [0.29, 0.717) is 11.1 Å². The maximum absolute atomic E-state index is 12.9. The summed E-state index contributed by atoms with van der Waals surface area (Å²) in [5.41, 5.74) is 3.42. The van der Waals surface area contributed by atoms with Crippen molar-refractivity contribution in [2.24, 2.45) is 0 Å². The van der Waals surface area contributed by atoms with Gasteiger partial charge in [0, 0.05) is 33.1 Å². The molecule has 0 fully saturated rings. The van der Waals surface area contributed by atoms with E-state index in [-0.39, 0.29) is 11.5 Å². The molecule has 1 aromatic heterocycles. The van der Waals surface area contributed by atoms with Crippen LogP contribution in [0.3, 0.4) is 0 Å². The number of aromatic amines is 1. The molecule has 2 aromatic carbocycles. The minimum absolute atomic E-state index is 0.0207. The topological polar surface area (TPSA) is 53.1 Å². The first kappa shape index (κ1) is 12.2. The standard InChI is InChI=1S/C18H15NO2/c1-18(2)15-11(7-5-9-13(15)20)16(21)14-10-6-3-4-8-12(10)19-17(14)18/h3-9,19-20H,1-2H3. The first-order valence-corrected chi connectivity index (χ1v) is 7.00. The van der Waals surface area contributed by atoms with Crippen LogP contribution in [0.1, 0.15) is 41.0 Å². The van der Waals surface area contributed by atoms with Gasteiger partial charge in [-0.15, -0.1) is 0 Å². The Bertz CT molecular complexity index is 903. The van der Waals surface area contributed by atoms with E-state index in [1.54, 1.807) is 18.2 Å². The van der Waals surface area contributed by atoms with Gasteiger partial charge in [-0.3, -0.25) is 4.79 Å². The monoisotopic (exact) mass is 277 g/mol. The Morgan fingerprint density at radius 2 is 1.81 bits per heavy atom. The second-order valence-corrected chi connectivity index (χ2v) is 6.07. The summed E-state index contributed by atoms with van der Waals surface area (Å²) in [6.07, 6.45) is 0. The largest absolute Gasteiger partial charge is 0.508 e. The summed E-state index contributed by atoms with van der Waals surface area (Å²) < 4.78 is 0. The van der Waals surface area contributed by atoms with E-state index < -0.39 is 5.41 Å². The average molecular weight is 277 g/mol. The van der Waals surface area contributed by atoms with Crippen molar-refractivity contribution in [3.05, 3.63) is 64.8 Å². The van der Waals surface area contributed by atoms with Crippen LogP contribution in [0, 0.1) is 0 Å². The molecule has 1 aliphatic carbocycles. The average Bonchev–Trinajstić information content (AvgIpc) is 2.85. The summed E-state index contributed by atoms with van der Waals surface area (Å²) in [5, 5.41) is 11.2. The second-order valence-electron chi connectivity index (χ2n) is 6.07. The normalized spacial score (nSPS) is 15.8. The van der Waals surface area contributed by atoms with E-state index >= 15 is 0 Å². The predicted molar refractivity (Wildman–Crippen MR) is 82.0 cm³/mol. The number of nitrogens with one attached hydrogen (secondary N) is 1. The quantitative estimate of drug-likeness (QED) is 0.657. The third-order valence-corrected chi connectivity index (χ3v) is 4.47. The third-order valence-electron chi connectivity index (χ3n) is 4.47.